The van der Waals surface area contributed by atoms with Crippen LogP contribution in [0, 0.1) is 16.7 Å². The molecule has 1 aliphatic heterocycles. The Bertz CT molecular complexity index is 267. The molecule has 1 N–H and O–H groups in total. The summed E-state index contributed by atoms with van der Waals surface area (Å²) in [5.74, 6) is 0. The van der Waals surface area contributed by atoms with Gasteiger partial charge in [0, 0.05) is 31.7 Å². The number of nitrogens with zero attached hydrogens (tertiary/aromatic N) is 2. The fraction of sp³-hybridized carbons (Fsp3) is 0.929. The minimum Gasteiger partial charge on any atom is -0.311 e. The molecule has 1 aliphatic rings. The molecule has 1 rings (SSSR count). The van der Waals surface area contributed by atoms with Crippen LogP contribution in [0.2, 0.25) is 0 Å². The summed E-state index contributed by atoms with van der Waals surface area (Å²) in [7, 11) is 0. The monoisotopic (exact) mass is 237 g/mol. The second-order valence-electron chi connectivity index (χ2n) is 5.82. The van der Waals surface area contributed by atoms with Crippen LogP contribution >= 0.6 is 0 Å². The summed E-state index contributed by atoms with van der Waals surface area (Å²) in [6, 6.07) is 3.67. The van der Waals surface area contributed by atoms with Crippen LogP contribution in [-0.2, 0) is 0 Å². The van der Waals surface area contributed by atoms with E-state index < -0.39 is 0 Å². The van der Waals surface area contributed by atoms with Gasteiger partial charge in [0.1, 0.15) is 0 Å². The molecule has 3 nitrogen and oxygen atoms in total. The first-order valence-corrected chi connectivity index (χ1v) is 6.91. The molecule has 0 aromatic rings. The zero-order valence-electron chi connectivity index (χ0n) is 11.8. The summed E-state index contributed by atoms with van der Waals surface area (Å²) in [5.41, 5.74) is -0.190. The topological polar surface area (TPSA) is 39.1 Å². The summed E-state index contributed by atoms with van der Waals surface area (Å²) in [6.07, 6.45) is 3.35. The first-order chi connectivity index (χ1) is 8.02. The third kappa shape index (κ3) is 4.29. The Morgan fingerprint density at radius 1 is 1.35 bits per heavy atom. The van der Waals surface area contributed by atoms with Gasteiger partial charge < -0.3 is 5.32 Å². The van der Waals surface area contributed by atoms with Gasteiger partial charge in [0.2, 0.25) is 0 Å². The molecule has 0 radical (unpaired) electrons. The normalized spacial score (nSPS) is 26.8. The minimum atomic E-state index is -0.190. The Morgan fingerprint density at radius 3 is 2.59 bits per heavy atom. The van der Waals surface area contributed by atoms with E-state index >= 15 is 0 Å². The summed E-state index contributed by atoms with van der Waals surface area (Å²) >= 11 is 0. The average molecular weight is 237 g/mol. The molecule has 2 atom stereocenters. The summed E-state index contributed by atoms with van der Waals surface area (Å²) in [6.45, 7) is 11.8. The van der Waals surface area contributed by atoms with Gasteiger partial charge in [-0.05, 0) is 33.1 Å². The minimum absolute atomic E-state index is 0.190. The van der Waals surface area contributed by atoms with E-state index in [1.54, 1.807) is 0 Å². The van der Waals surface area contributed by atoms with Crippen LogP contribution in [0.15, 0.2) is 0 Å². The molecule has 0 aromatic carbocycles. The van der Waals surface area contributed by atoms with Gasteiger partial charge in [-0.15, -0.1) is 0 Å². The van der Waals surface area contributed by atoms with Gasteiger partial charge in [-0.25, -0.2) is 0 Å². The molecule has 0 amide bonds. The SMILES string of the molecule is CCC1CN(CCC(C)(C)C#N)C(CC)CN1. The van der Waals surface area contributed by atoms with Gasteiger partial charge in [0.05, 0.1) is 11.5 Å². The summed E-state index contributed by atoms with van der Waals surface area (Å²) in [5, 5.41) is 12.7. The molecular formula is C14H27N3. The van der Waals surface area contributed by atoms with E-state index in [4.69, 9.17) is 5.26 Å². The van der Waals surface area contributed by atoms with E-state index in [2.05, 4.69) is 30.1 Å². The van der Waals surface area contributed by atoms with Crippen LogP contribution in [0.3, 0.4) is 0 Å². The smallest absolute Gasteiger partial charge is 0.0684 e. The molecule has 0 aromatic heterocycles. The average Bonchev–Trinajstić information content (AvgIpc) is 2.36. The number of hydrogen-bond donors (Lipinski definition) is 1. The lowest BCUT2D eigenvalue weighted by molar-refractivity contribution is 0.114. The van der Waals surface area contributed by atoms with Gasteiger partial charge in [0.15, 0.2) is 0 Å². The van der Waals surface area contributed by atoms with Gasteiger partial charge in [-0.2, -0.15) is 5.26 Å². The predicted molar refractivity (Wildman–Crippen MR) is 71.7 cm³/mol. The molecule has 3 heteroatoms. The Morgan fingerprint density at radius 2 is 2.06 bits per heavy atom. The molecule has 98 valence electrons. The molecule has 1 heterocycles. The molecule has 1 saturated heterocycles. The highest BCUT2D eigenvalue weighted by molar-refractivity contribution is 4.93. The number of hydrogen-bond acceptors (Lipinski definition) is 3. The zero-order chi connectivity index (χ0) is 12.9. The Kier molecular flexibility index (Phi) is 5.42. The van der Waals surface area contributed by atoms with E-state index in [0.29, 0.717) is 12.1 Å². The lowest BCUT2D eigenvalue weighted by Gasteiger charge is -2.40. The highest BCUT2D eigenvalue weighted by Gasteiger charge is 2.27. The first kappa shape index (κ1) is 14.5. The van der Waals surface area contributed by atoms with Crippen LogP contribution < -0.4 is 5.32 Å². The molecule has 0 saturated carbocycles. The Balaban J connectivity index is 2.50. The van der Waals surface area contributed by atoms with Gasteiger partial charge >= 0.3 is 0 Å². The standard InChI is InChI=1S/C14H27N3/c1-5-12-10-17(13(6-2)9-16-12)8-7-14(3,4)11-15/h12-13,16H,5-10H2,1-4H3. The largest absolute Gasteiger partial charge is 0.311 e. The van der Waals surface area contributed by atoms with Crippen molar-refractivity contribution < 1.29 is 0 Å². The molecule has 0 aliphatic carbocycles. The molecule has 0 spiro atoms. The number of rotatable bonds is 5. The van der Waals surface area contributed by atoms with E-state index in [0.717, 1.165) is 26.1 Å². The molecule has 1 fully saturated rings. The van der Waals surface area contributed by atoms with Crippen LogP contribution in [0.5, 0.6) is 0 Å². The lowest BCUT2D eigenvalue weighted by Crippen LogP contribution is -2.56. The fourth-order valence-electron chi connectivity index (χ4n) is 2.36. The van der Waals surface area contributed by atoms with Crippen molar-refractivity contribution in [1.82, 2.24) is 10.2 Å². The molecule has 0 bridgehead atoms. The summed E-state index contributed by atoms with van der Waals surface area (Å²) < 4.78 is 0. The highest BCUT2D eigenvalue weighted by Crippen LogP contribution is 2.21. The number of piperazine rings is 1. The molecule has 2 unspecified atom stereocenters. The van der Waals surface area contributed by atoms with E-state index in [-0.39, 0.29) is 5.41 Å². The van der Waals surface area contributed by atoms with E-state index in [9.17, 15) is 0 Å². The van der Waals surface area contributed by atoms with Gasteiger partial charge in [-0.3, -0.25) is 4.90 Å². The van der Waals surface area contributed by atoms with Crippen molar-refractivity contribution in [3.8, 4) is 6.07 Å². The fourth-order valence-corrected chi connectivity index (χ4v) is 2.36. The van der Waals surface area contributed by atoms with Gasteiger partial charge in [0.25, 0.3) is 0 Å². The van der Waals surface area contributed by atoms with Crippen LogP contribution in [0.4, 0.5) is 0 Å². The van der Waals surface area contributed by atoms with Crippen molar-refractivity contribution >= 4 is 0 Å². The third-order valence-corrected chi connectivity index (χ3v) is 3.90. The van der Waals surface area contributed by atoms with Crippen LogP contribution in [-0.4, -0.2) is 36.6 Å². The maximum Gasteiger partial charge on any atom is 0.0684 e. The van der Waals surface area contributed by atoms with E-state index in [1.807, 2.05) is 13.8 Å². The van der Waals surface area contributed by atoms with Gasteiger partial charge in [-0.1, -0.05) is 13.8 Å². The van der Waals surface area contributed by atoms with Crippen molar-refractivity contribution in [3.63, 3.8) is 0 Å². The maximum absolute atomic E-state index is 9.06. The lowest BCUT2D eigenvalue weighted by atomic mass is 9.90. The van der Waals surface area contributed by atoms with E-state index in [1.165, 1.54) is 12.8 Å². The summed E-state index contributed by atoms with van der Waals surface area (Å²) in [4.78, 5) is 2.57. The Hall–Kier alpha value is -0.590. The van der Waals surface area contributed by atoms with Crippen LogP contribution in [0.25, 0.3) is 0 Å². The van der Waals surface area contributed by atoms with Crippen molar-refractivity contribution in [2.45, 2.75) is 59.0 Å². The number of nitrogens with one attached hydrogen (secondary N) is 1. The first-order valence-electron chi connectivity index (χ1n) is 6.91. The predicted octanol–water partition coefficient (Wildman–Crippen LogP) is 2.39. The molecular weight excluding hydrogens is 210 g/mol. The third-order valence-electron chi connectivity index (χ3n) is 3.90. The highest BCUT2D eigenvalue weighted by atomic mass is 15.2. The van der Waals surface area contributed by atoms with Crippen molar-refractivity contribution in [3.05, 3.63) is 0 Å². The maximum atomic E-state index is 9.06. The van der Waals surface area contributed by atoms with Crippen molar-refractivity contribution in [2.24, 2.45) is 5.41 Å². The quantitative estimate of drug-likeness (QED) is 0.798. The van der Waals surface area contributed by atoms with Crippen LogP contribution in [0.1, 0.15) is 47.0 Å². The van der Waals surface area contributed by atoms with Crippen molar-refractivity contribution in [1.29, 1.82) is 5.26 Å². The second-order valence-corrected chi connectivity index (χ2v) is 5.82. The van der Waals surface area contributed by atoms with Crippen molar-refractivity contribution in [2.75, 3.05) is 19.6 Å². The number of nitriles is 1. The zero-order valence-corrected chi connectivity index (χ0v) is 11.8. The molecule has 17 heavy (non-hydrogen) atoms. The second kappa shape index (κ2) is 6.37. The Labute approximate surface area is 106 Å².